The summed E-state index contributed by atoms with van der Waals surface area (Å²) in [5.74, 6) is 0.223. The molecular formula is C16H22BrNO. The second-order valence-corrected chi connectivity index (χ2v) is 6.25. The first-order valence-corrected chi connectivity index (χ1v) is 8.12. The van der Waals surface area contributed by atoms with E-state index in [0.29, 0.717) is 0 Å². The minimum atomic E-state index is 0.0543. The lowest BCUT2D eigenvalue weighted by Crippen LogP contribution is -2.11. The van der Waals surface area contributed by atoms with Crippen LogP contribution < -0.4 is 5.32 Å². The van der Waals surface area contributed by atoms with E-state index in [9.17, 15) is 4.79 Å². The van der Waals surface area contributed by atoms with Crippen molar-refractivity contribution in [3.05, 3.63) is 28.2 Å². The Bertz CT molecular complexity index is 444. The number of rotatable bonds is 7. The Hall–Kier alpha value is -0.830. The molecule has 0 aromatic heterocycles. The molecule has 0 aliphatic carbocycles. The van der Waals surface area contributed by atoms with Gasteiger partial charge in [-0.3, -0.25) is 4.79 Å². The van der Waals surface area contributed by atoms with Crippen LogP contribution in [0.15, 0.2) is 22.7 Å². The van der Waals surface area contributed by atoms with E-state index in [1.165, 1.54) is 32.1 Å². The molecule has 0 saturated carbocycles. The van der Waals surface area contributed by atoms with Crippen molar-refractivity contribution in [1.82, 2.24) is 0 Å². The first kappa shape index (κ1) is 14.6. The lowest BCUT2D eigenvalue weighted by atomic mass is 9.94. The van der Waals surface area contributed by atoms with Crippen LogP contribution in [0.5, 0.6) is 0 Å². The number of halogens is 1. The van der Waals surface area contributed by atoms with E-state index >= 15 is 0 Å². The fourth-order valence-electron chi connectivity index (χ4n) is 2.71. The number of anilines is 1. The largest absolute Gasteiger partial charge is 0.325 e. The van der Waals surface area contributed by atoms with Gasteiger partial charge in [0.05, 0.1) is 5.92 Å². The number of amides is 1. The van der Waals surface area contributed by atoms with Crippen molar-refractivity contribution in [2.45, 2.75) is 57.8 Å². The first-order chi connectivity index (χ1) is 9.22. The van der Waals surface area contributed by atoms with Gasteiger partial charge in [0, 0.05) is 10.2 Å². The van der Waals surface area contributed by atoms with Gasteiger partial charge in [-0.2, -0.15) is 0 Å². The maximum absolute atomic E-state index is 12.0. The second-order valence-electron chi connectivity index (χ2n) is 5.33. The highest BCUT2D eigenvalue weighted by Gasteiger charge is 2.29. The second kappa shape index (κ2) is 7.09. The third kappa shape index (κ3) is 3.82. The average molecular weight is 324 g/mol. The number of carbonyl (C=O) groups excluding carboxylic acids is 1. The number of benzene rings is 1. The molecule has 1 aromatic carbocycles. The van der Waals surface area contributed by atoms with Crippen LogP contribution in [0.4, 0.5) is 5.69 Å². The van der Waals surface area contributed by atoms with Crippen molar-refractivity contribution in [3.63, 3.8) is 0 Å². The van der Waals surface area contributed by atoms with E-state index in [1.807, 2.05) is 12.1 Å². The van der Waals surface area contributed by atoms with Crippen LogP contribution in [-0.2, 0) is 4.79 Å². The normalized spacial score (nSPS) is 17.4. The van der Waals surface area contributed by atoms with Gasteiger partial charge < -0.3 is 5.32 Å². The summed E-state index contributed by atoms with van der Waals surface area (Å²) in [5, 5.41) is 2.98. The first-order valence-electron chi connectivity index (χ1n) is 7.32. The van der Waals surface area contributed by atoms with Gasteiger partial charge in [0.2, 0.25) is 5.91 Å². The van der Waals surface area contributed by atoms with Crippen molar-refractivity contribution in [2.75, 3.05) is 5.32 Å². The Morgan fingerprint density at radius 3 is 2.68 bits per heavy atom. The summed E-state index contributed by atoms with van der Waals surface area (Å²) in [6, 6.07) is 6.04. The lowest BCUT2D eigenvalue weighted by Gasteiger charge is -2.08. The molecule has 2 rings (SSSR count). The number of carbonyl (C=O) groups is 1. The predicted octanol–water partition coefficient (Wildman–Crippen LogP) is 5.24. The molecular weight excluding hydrogens is 302 g/mol. The van der Waals surface area contributed by atoms with Gasteiger partial charge in [-0.15, -0.1) is 0 Å². The molecule has 19 heavy (non-hydrogen) atoms. The summed E-state index contributed by atoms with van der Waals surface area (Å²) in [4.78, 5) is 12.0. The van der Waals surface area contributed by atoms with Crippen LogP contribution in [0.3, 0.4) is 0 Å². The van der Waals surface area contributed by atoms with Crippen LogP contribution in [0.1, 0.15) is 63.4 Å². The van der Waals surface area contributed by atoms with Gasteiger partial charge in [0.25, 0.3) is 0 Å². The minimum Gasteiger partial charge on any atom is -0.325 e. The lowest BCUT2D eigenvalue weighted by molar-refractivity contribution is -0.117. The molecule has 0 radical (unpaired) electrons. The van der Waals surface area contributed by atoms with Crippen LogP contribution in [0.25, 0.3) is 0 Å². The van der Waals surface area contributed by atoms with E-state index in [0.717, 1.165) is 28.6 Å². The fraction of sp³-hybridized carbons (Fsp3) is 0.562. The molecule has 0 bridgehead atoms. The molecule has 1 heterocycles. The highest BCUT2D eigenvalue weighted by atomic mass is 79.9. The summed E-state index contributed by atoms with van der Waals surface area (Å²) in [7, 11) is 0. The van der Waals surface area contributed by atoms with Gasteiger partial charge in [0.15, 0.2) is 0 Å². The minimum absolute atomic E-state index is 0.0543. The Balaban J connectivity index is 1.84. The molecule has 3 heteroatoms. The summed E-state index contributed by atoms with van der Waals surface area (Å²) in [6.45, 7) is 2.23. The molecule has 0 fully saturated rings. The zero-order valence-electron chi connectivity index (χ0n) is 11.5. The van der Waals surface area contributed by atoms with Crippen LogP contribution in [0.2, 0.25) is 0 Å². The maximum Gasteiger partial charge on any atom is 0.232 e. The zero-order chi connectivity index (χ0) is 13.7. The Kier molecular flexibility index (Phi) is 5.44. The molecule has 1 N–H and O–H groups in total. The van der Waals surface area contributed by atoms with Gasteiger partial charge in [-0.05, 0) is 30.2 Å². The highest BCUT2D eigenvalue weighted by Crippen LogP contribution is 2.37. The third-order valence-corrected chi connectivity index (χ3v) is 4.30. The van der Waals surface area contributed by atoms with Gasteiger partial charge >= 0.3 is 0 Å². The monoisotopic (exact) mass is 323 g/mol. The predicted molar refractivity (Wildman–Crippen MR) is 83.5 cm³/mol. The van der Waals surface area contributed by atoms with Crippen molar-refractivity contribution >= 4 is 27.5 Å². The fourth-order valence-corrected chi connectivity index (χ4v) is 3.09. The van der Waals surface area contributed by atoms with Gasteiger partial charge in [-0.25, -0.2) is 0 Å². The van der Waals surface area contributed by atoms with Gasteiger partial charge in [-0.1, -0.05) is 61.4 Å². The number of fused-ring (bicyclic) bond motifs is 1. The number of hydrogen-bond acceptors (Lipinski definition) is 1. The van der Waals surface area contributed by atoms with Crippen molar-refractivity contribution in [2.24, 2.45) is 0 Å². The smallest absolute Gasteiger partial charge is 0.232 e. The van der Waals surface area contributed by atoms with E-state index in [4.69, 9.17) is 0 Å². The van der Waals surface area contributed by atoms with Crippen LogP contribution in [0, 0.1) is 0 Å². The summed E-state index contributed by atoms with van der Waals surface area (Å²) >= 11 is 3.48. The SMILES string of the molecule is CCCCCCCCC1C(=O)Nc2ccc(Br)cc21. The van der Waals surface area contributed by atoms with E-state index < -0.39 is 0 Å². The summed E-state index contributed by atoms with van der Waals surface area (Å²) in [5.41, 5.74) is 2.15. The van der Waals surface area contributed by atoms with E-state index in [1.54, 1.807) is 0 Å². The molecule has 0 spiro atoms. The Labute approximate surface area is 124 Å². The maximum atomic E-state index is 12.0. The van der Waals surface area contributed by atoms with E-state index in [-0.39, 0.29) is 11.8 Å². The zero-order valence-corrected chi connectivity index (χ0v) is 13.1. The van der Waals surface area contributed by atoms with Crippen LogP contribution >= 0.6 is 15.9 Å². The Morgan fingerprint density at radius 2 is 1.89 bits per heavy atom. The van der Waals surface area contributed by atoms with Crippen LogP contribution in [-0.4, -0.2) is 5.91 Å². The average Bonchev–Trinajstić information content (AvgIpc) is 2.69. The summed E-state index contributed by atoms with van der Waals surface area (Å²) < 4.78 is 1.05. The van der Waals surface area contributed by atoms with E-state index in [2.05, 4.69) is 34.2 Å². The third-order valence-electron chi connectivity index (χ3n) is 3.81. The standard InChI is InChI=1S/C16H22BrNO/c1-2-3-4-5-6-7-8-13-14-11-12(17)9-10-15(14)18-16(13)19/h9-11,13H,2-8H2,1H3,(H,18,19). The highest BCUT2D eigenvalue weighted by molar-refractivity contribution is 9.10. The molecule has 0 saturated heterocycles. The van der Waals surface area contributed by atoms with Crippen molar-refractivity contribution in [3.8, 4) is 0 Å². The molecule has 104 valence electrons. The molecule has 1 amide bonds. The molecule has 1 unspecified atom stereocenters. The molecule has 1 aliphatic heterocycles. The topological polar surface area (TPSA) is 29.1 Å². The molecule has 1 aliphatic rings. The number of unbranched alkanes of at least 4 members (excludes halogenated alkanes) is 5. The van der Waals surface area contributed by atoms with Gasteiger partial charge in [0.1, 0.15) is 0 Å². The molecule has 1 aromatic rings. The number of nitrogens with one attached hydrogen (secondary N) is 1. The van der Waals surface area contributed by atoms with Crippen molar-refractivity contribution < 1.29 is 4.79 Å². The van der Waals surface area contributed by atoms with Crippen molar-refractivity contribution in [1.29, 1.82) is 0 Å². The molecule has 1 atom stereocenters. The quantitative estimate of drug-likeness (QED) is 0.683. The Morgan fingerprint density at radius 1 is 1.16 bits per heavy atom. The molecule has 2 nitrogen and oxygen atoms in total. The summed E-state index contributed by atoms with van der Waals surface area (Å²) in [6.07, 6.45) is 8.61. The number of hydrogen-bond donors (Lipinski definition) is 1.